The van der Waals surface area contributed by atoms with Crippen molar-refractivity contribution in [1.82, 2.24) is 14.5 Å². The Morgan fingerprint density at radius 1 is 1.10 bits per heavy atom. The molecule has 2 N–H and O–H groups in total. The van der Waals surface area contributed by atoms with Crippen LogP contribution in [-0.2, 0) is 0 Å². The molecule has 3 rings (SSSR count). The Hall–Kier alpha value is -2.43. The third-order valence-electron chi connectivity index (χ3n) is 3.84. The average Bonchev–Trinajstić information content (AvgIpc) is 2.65. The lowest BCUT2D eigenvalue weighted by molar-refractivity contribution is 0.617. The van der Waals surface area contributed by atoms with Crippen molar-refractivity contribution in [3.8, 4) is 5.69 Å². The topological polar surface area (TPSA) is 56.7 Å². The first-order valence-corrected chi connectivity index (χ1v) is 6.78. The van der Waals surface area contributed by atoms with Gasteiger partial charge in [-0.3, -0.25) is 4.57 Å². The number of hydrogen-bond donors (Lipinski definition) is 1. The molecule has 0 saturated heterocycles. The minimum absolute atomic E-state index is 0.282. The standard InChI is InChI=1S/C16H17FN4/c1-8-5-6-12(17)13(7-8)21-10(3)9(2)14-15(18)19-11(4)20-16(14)21/h5-7H,1-4H3,(H2,18,19,20). The smallest absolute Gasteiger partial charge is 0.150 e. The fourth-order valence-electron chi connectivity index (χ4n) is 2.70. The van der Waals surface area contributed by atoms with Gasteiger partial charge in [-0.2, -0.15) is 0 Å². The zero-order valence-corrected chi connectivity index (χ0v) is 12.5. The molecule has 0 amide bonds. The van der Waals surface area contributed by atoms with E-state index in [9.17, 15) is 4.39 Å². The Kier molecular flexibility index (Phi) is 2.93. The van der Waals surface area contributed by atoms with Crippen LogP contribution in [0.5, 0.6) is 0 Å². The van der Waals surface area contributed by atoms with Crippen LogP contribution in [0.4, 0.5) is 10.2 Å². The molecule has 0 spiro atoms. The summed E-state index contributed by atoms with van der Waals surface area (Å²) >= 11 is 0. The van der Waals surface area contributed by atoms with E-state index in [1.165, 1.54) is 6.07 Å². The average molecular weight is 284 g/mol. The zero-order chi connectivity index (χ0) is 15.3. The molecule has 3 aromatic rings. The van der Waals surface area contributed by atoms with E-state index in [-0.39, 0.29) is 5.82 Å². The maximum absolute atomic E-state index is 14.3. The fraction of sp³-hybridized carbons (Fsp3) is 0.250. The van der Waals surface area contributed by atoms with Crippen molar-refractivity contribution >= 4 is 16.9 Å². The first-order valence-electron chi connectivity index (χ1n) is 6.78. The second-order valence-corrected chi connectivity index (χ2v) is 5.36. The van der Waals surface area contributed by atoms with Crippen molar-refractivity contribution in [1.29, 1.82) is 0 Å². The van der Waals surface area contributed by atoms with Gasteiger partial charge in [0.05, 0.1) is 11.1 Å². The van der Waals surface area contributed by atoms with Crippen molar-refractivity contribution in [2.45, 2.75) is 27.7 Å². The highest BCUT2D eigenvalue weighted by Gasteiger charge is 2.19. The van der Waals surface area contributed by atoms with Gasteiger partial charge in [0.1, 0.15) is 17.5 Å². The van der Waals surface area contributed by atoms with Crippen LogP contribution in [0.3, 0.4) is 0 Å². The molecule has 1 aromatic carbocycles. The predicted octanol–water partition coefficient (Wildman–Crippen LogP) is 3.38. The van der Waals surface area contributed by atoms with Gasteiger partial charge in [-0.15, -0.1) is 0 Å². The number of anilines is 1. The molecule has 0 atom stereocenters. The van der Waals surface area contributed by atoms with Crippen LogP contribution < -0.4 is 5.73 Å². The lowest BCUT2D eigenvalue weighted by Crippen LogP contribution is -2.03. The summed E-state index contributed by atoms with van der Waals surface area (Å²) in [7, 11) is 0. The molecule has 0 aliphatic rings. The number of halogens is 1. The summed E-state index contributed by atoms with van der Waals surface area (Å²) in [4.78, 5) is 8.68. The van der Waals surface area contributed by atoms with E-state index in [2.05, 4.69) is 9.97 Å². The van der Waals surface area contributed by atoms with Crippen molar-refractivity contribution in [2.75, 3.05) is 5.73 Å². The van der Waals surface area contributed by atoms with Gasteiger partial charge >= 0.3 is 0 Å². The maximum Gasteiger partial charge on any atom is 0.150 e. The van der Waals surface area contributed by atoms with Crippen LogP contribution in [0.25, 0.3) is 16.7 Å². The summed E-state index contributed by atoms with van der Waals surface area (Å²) < 4.78 is 16.1. The normalized spacial score (nSPS) is 11.3. The minimum Gasteiger partial charge on any atom is -0.383 e. The molecule has 0 fully saturated rings. The Morgan fingerprint density at radius 3 is 2.52 bits per heavy atom. The van der Waals surface area contributed by atoms with Gasteiger partial charge in [-0.25, -0.2) is 14.4 Å². The fourth-order valence-corrected chi connectivity index (χ4v) is 2.70. The lowest BCUT2D eigenvalue weighted by atomic mass is 10.2. The monoisotopic (exact) mass is 284 g/mol. The third kappa shape index (κ3) is 1.96. The Balaban J connectivity index is 2.48. The van der Waals surface area contributed by atoms with Gasteiger partial charge in [-0.05, 0) is 51.0 Å². The first-order chi connectivity index (χ1) is 9.90. The summed E-state index contributed by atoms with van der Waals surface area (Å²) in [6, 6.07) is 5.04. The number of rotatable bonds is 1. The number of nitrogens with two attached hydrogens (primary N) is 1. The van der Waals surface area contributed by atoms with Crippen molar-refractivity contribution in [3.63, 3.8) is 0 Å². The molecule has 108 valence electrons. The Morgan fingerprint density at radius 2 is 1.81 bits per heavy atom. The summed E-state index contributed by atoms with van der Waals surface area (Å²) in [6.07, 6.45) is 0. The van der Waals surface area contributed by atoms with Crippen molar-refractivity contribution in [3.05, 3.63) is 46.7 Å². The van der Waals surface area contributed by atoms with Crippen LogP contribution in [0, 0.1) is 33.5 Å². The number of nitrogens with zero attached hydrogens (tertiary/aromatic N) is 3. The summed E-state index contributed by atoms with van der Waals surface area (Å²) in [5.41, 5.74) is 10.1. The van der Waals surface area contributed by atoms with E-state index in [0.717, 1.165) is 22.2 Å². The van der Waals surface area contributed by atoms with Crippen LogP contribution >= 0.6 is 0 Å². The molecule has 21 heavy (non-hydrogen) atoms. The number of nitrogen functional groups attached to an aromatic ring is 1. The van der Waals surface area contributed by atoms with E-state index in [1.807, 2.05) is 31.4 Å². The summed E-state index contributed by atoms with van der Waals surface area (Å²) in [6.45, 7) is 7.61. The Labute approximate surface area is 122 Å². The first kappa shape index (κ1) is 13.5. The highest BCUT2D eigenvalue weighted by molar-refractivity contribution is 5.92. The van der Waals surface area contributed by atoms with Gasteiger partial charge in [0, 0.05) is 5.69 Å². The molecular weight excluding hydrogens is 267 g/mol. The third-order valence-corrected chi connectivity index (χ3v) is 3.84. The molecule has 4 nitrogen and oxygen atoms in total. The molecule has 0 aliphatic heterocycles. The zero-order valence-electron chi connectivity index (χ0n) is 12.5. The molecule has 2 heterocycles. The summed E-state index contributed by atoms with van der Waals surface area (Å²) in [5.74, 6) is 0.729. The maximum atomic E-state index is 14.3. The van der Waals surface area contributed by atoms with Crippen molar-refractivity contribution in [2.24, 2.45) is 0 Å². The van der Waals surface area contributed by atoms with Crippen LogP contribution in [-0.4, -0.2) is 14.5 Å². The molecule has 0 unspecified atom stereocenters. The second-order valence-electron chi connectivity index (χ2n) is 5.36. The minimum atomic E-state index is -0.282. The number of aryl methyl sites for hydroxylation is 3. The molecular formula is C16H17FN4. The van der Waals surface area contributed by atoms with Gasteiger partial charge in [0.15, 0.2) is 5.65 Å². The van der Waals surface area contributed by atoms with E-state index in [4.69, 9.17) is 5.73 Å². The number of benzene rings is 1. The lowest BCUT2D eigenvalue weighted by Gasteiger charge is -2.10. The molecule has 2 aromatic heterocycles. The molecule has 0 saturated carbocycles. The van der Waals surface area contributed by atoms with Gasteiger partial charge < -0.3 is 5.73 Å². The van der Waals surface area contributed by atoms with E-state index < -0.39 is 0 Å². The van der Waals surface area contributed by atoms with E-state index in [0.29, 0.717) is 23.0 Å². The van der Waals surface area contributed by atoms with E-state index in [1.54, 1.807) is 13.0 Å². The highest BCUT2D eigenvalue weighted by Crippen LogP contribution is 2.31. The SMILES string of the molecule is Cc1ccc(F)c(-n2c(C)c(C)c3c(N)nc(C)nc32)c1. The predicted molar refractivity (Wildman–Crippen MR) is 82.2 cm³/mol. The quantitative estimate of drug-likeness (QED) is 0.745. The summed E-state index contributed by atoms with van der Waals surface area (Å²) in [5, 5.41) is 0.791. The largest absolute Gasteiger partial charge is 0.383 e. The molecule has 5 heteroatoms. The van der Waals surface area contributed by atoms with Crippen LogP contribution in [0.2, 0.25) is 0 Å². The highest BCUT2D eigenvalue weighted by atomic mass is 19.1. The van der Waals surface area contributed by atoms with E-state index >= 15 is 0 Å². The van der Waals surface area contributed by atoms with Crippen LogP contribution in [0.1, 0.15) is 22.6 Å². The molecule has 0 radical (unpaired) electrons. The van der Waals surface area contributed by atoms with Gasteiger partial charge in [-0.1, -0.05) is 6.07 Å². The second kappa shape index (κ2) is 4.55. The number of aromatic nitrogens is 3. The Bertz CT molecular complexity index is 865. The molecule has 0 bridgehead atoms. The number of fused-ring (bicyclic) bond motifs is 1. The van der Waals surface area contributed by atoms with Crippen molar-refractivity contribution < 1.29 is 4.39 Å². The molecule has 0 aliphatic carbocycles. The number of hydrogen-bond acceptors (Lipinski definition) is 3. The van der Waals surface area contributed by atoms with Gasteiger partial charge in [0.25, 0.3) is 0 Å². The van der Waals surface area contributed by atoms with Crippen LogP contribution in [0.15, 0.2) is 18.2 Å². The van der Waals surface area contributed by atoms with Gasteiger partial charge in [0.2, 0.25) is 0 Å².